The van der Waals surface area contributed by atoms with Crippen LogP contribution in [0.15, 0.2) is 54.9 Å². The van der Waals surface area contributed by atoms with Crippen LogP contribution < -0.4 is 0 Å². The zero-order chi connectivity index (χ0) is 13.9. The standard InChI is InChI=1S/C17H12FN2.Y/c1-12-10-19-17(20-11-12)15-4-2-13(3-5-15)14-6-8-16(18)9-7-14;/h2-8,10-11H,1H3;/q-1;+3. The van der Waals surface area contributed by atoms with Gasteiger partial charge in [-0.25, -0.2) is 14.4 Å². The van der Waals surface area contributed by atoms with Crippen LogP contribution >= 0.6 is 0 Å². The number of rotatable bonds is 2. The van der Waals surface area contributed by atoms with Crippen LogP contribution in [-0.4, -0.2) is 9.97 Å². The minimum absolute atomic E-state index is 0. The van der Waals surface area contributed by atoms with Gasteiger partial charge < -0.3 is 0 Å². The van der Waals surface area contributed by atoms with E-state index in [0.29, 0.717) is 5.82 Å². The summed E-state index contributed by atoms with van der Waals surface area (Å²) in [4.78, 5) is 8.59. The number of hydrogen-bond donors (Lipinski definition) is 0. The van der Waals surface area contributed by atoms with Crippen molar-refractivity contribution in [2.24, 2.45) is 0 Å². The summed E-state index contributed by atoms with van der Waals surface area (Å²) in [7, 11) is 0. The van der Waals surface area contributed by atoms with Gasteiger partial charge in [-0.05, 0) is 12.5 Å². The maximum absolute atomic E-state index is 12.8. The molecule has 0 fully saturated rings. The van der Waals surface area contributed by atoms with Gasteiger partial charge >= 0.3 is 32.7 Å². The molecule has 0 aliphatic heterocycles. The van der Waals surface area contributed by atoms with Crippen molar-refractivity contribution < 1.29 is 37.1 Å². The molecule has 4 heteroatoms. The molecular weight excluding hydrogens is 340 g/mol. The van der Waals surface area contributed by atoms with Crippen LogP contribution in [0.3, 0.4) is 0 Å². The van der Waals surface area contributed by atoms with Crippen LogP contribution in [0.4, 0.5) is 4.39 Å². The van der Waals surface area contributed by atoms with Gasteiger partial charge in [-0.3, -0.25) is 0 Å². The van der Waals surface area contributed by atoms with Crippen molar-refractivity contribution >= 4 is 0 Å². The van der Waals surface area contributed by atoms with Gasteiger partial charge in [0, 0.05) is 23.8 Å². The van der Waals surface area contributed by atoms with Gasteiger partial charge in [0.25, 0.3) is 0 Å². The van der Waals surface area contributed by atoms with Gasteiger partial charge in [0.15, 0.2) is 5.82 Å². The summed E-state index contributed by atoms with van der Waals surface area (Å²) in [5, 5.41) is 0. The fraction of sp³-hybridized carbons (Fsp3) is 0.0588. The van der Waals surface area contributed by atoms with Crippen molar-refractivity contribution in [3.8, 4) is 22.5 Å². The predicted molar refractivity (Wildman–Crippen MR) is 76.4 cm³/mol. The van der Waals surface area contributed by atoms with Crippen LogP contribution in [0.5, 0.6) is 0 Å². The summed E-state index contributed by atoms with van der Waals surface area (Å²) >= 11 is 0. The fourth-order valence-electron chi connectivity index (χ4n) is 1.94. The summed E-state index contributed by atoms with van der Waals surface area (Å²) in [6, 6.07) is 15.2. The molecule has 2 nitrogen and oxygen atoms in total. The number of nitrogens with zero attached hydrogens (tertiary/aromatic N) is 2. The number of hydrogen-bond acceptors (Lipinski definition) is 2. The Bertz CT molecular complexity index is 643. The summed E-state index contributed by atoms with van der Waals surface area (Å²) in [5.41, 5.74) is 3.94. The molecule has 1 aromatic heterocycles. The Hall–Kier alpha value is -1.45. The Morgan fingerprint density at radius 1 is 0.857 bits per heavy atom. The van der Waals surface area contributed by atoms with E-state index in [4.69, 9.17) is 0 Å². The SMILES string of the molecule is Cc1cnc(-c2ccc(-c3c[c-]c(F)cc3)cc2)nc1.[Y+3]. The minimum atomic E-state index is -0.349. The van der Waals surface area contributed by atoms with E-state index in [-0.39, 0.29) is 38.5 Å². The van der Waals surface area contributed by atoms with Crippen LogP contribution in [0.25, 0.3) is 22.5 Å². The zero-order valence-electron chi connectivity index (χ0n) is 11.5. The molecule has 3 aromatic rings. The van der Waals surface area contributed by atoms with Gasteiger partial charge in [0.1, 0.15) is 0 Å². The molecule has 1 heterocycles. The third-order valence-corrected chi connectivity index (χ3v) is 3.03. The van der Waals surface area contributed by atoms with E-state index < -0.39 is 0 Å². The monoisotopic (exact) mass is 352 g/mol. The van der Waals surface area contributed by atoms with Gasteiger partial charge in [-0.15, -0.1) is 17.7 Å². The molecule has 0 radical (unpaired) electrons. The largest absolute Gasteiger partial charge is 3.00 e. The molecule has 0 bridgehead atoms. The molecule has 3 rings (SSSR count). The van der Waals surface area contributed by atoms with E-state index in [1.54, 1.807) is 24.5 Å². The van der Waals surface area contributed by atoms with E-state index in [9.17, 15) is 4.39 Å². The van der Waals surface area contributed by atoms with Crippen molar-refractivity contribution in [1.29, 1.82) is 0 Å². The molecule has 0 saturated carbocycles. The first-order chi connectivity index (χ1) is 9.72. The van der Waals surface area contributed by atoms with Crippen molar-refractivity contribution in [3.05, 3.63) is 72.3 Å². The van der Waals surface area contributed by atoms with Crippen LogP contribution in [0.2, 0.25) is 0 Å². The Morgan fingerprint density at radius 2 is 1.43 bits per heavy atom. The van der Waals surface area contributed by atoms with E-state index in [1.807, 2.05) is 31.2 Å². The molecule has 0 atom stereocenters. The second kappa shape index (κ2) is 7.01. The van der Waals surface area contributed by atoms with Gasteiger partial charge in [0.2, 0.25) is 0 Å². The molecule has 98 valence electrons. The smallest absolute Gasteiger partial charge is 0.236 e. The van der Waals surface area contributed by atoms with Crippen LogP contribution in [-0.2, 0) is 32.7 Å². The minimum Gasteiger partial charge on any atom is -0.236 e. The molecule has 0 amide bonds. The second-order valence-electron chi connectivity index (χ2n) is 4.59. The first kappa shape index (κ1) is 15.9. The first-order valence-electron chi connectivity index (χ1n) is 6.29. The van der Waals surface area contributed by atoms with E-state index in [2.05, 4.69) is 16.0 Å². The topological polar surface area (TPSA) is 25.8 Å². The van der Waals surface area contributed by atoms with Crippen molar-refractivity contribution in [2.75, 3.05) is 0 Å². The number of halogens is 1. The molecule has 0 unspecified atom stereocenters. The molecular formula is C17H12FN2Y+2. The van der Waals surface area contributed by atoms with E-state index in [0.717, 1.165) is 22.3 Å². The van der Waals surface area contributed by atoms with Crippen LogP contribution in [0, 0.1) is 18.8 Å². The predicted octanol–water partition coefficient (Wildman–Crippen LogP) is 4.06. The van der Waals surface area contributed by atoms with E-state index in [1.165, 1.54) is 6.07 Å². The fourth-order valence-corrected chi connectivity index (χ4v) is 1.94. The summed E-state index contributed by atoms with van der Waals surface area (Å²) in [6.07, 6.45) is 3.59. The Morgan fingerprint density at radius 3 is 2.00 bits per heavy atom. The van der Waals surface area contributed by atoms with Crippen molar-refractivity contribution in [3.63, 3.8) is 0 Å². The molecule has 21 heavy (non-hydrogen) atoms. The average Bonchev–Trinajstić information content (AvgIpc) is 2.49. The summed E-state index contributed by atoms with van der Waals surface area (Å²) < 4.78 is 12.8. The first-order valence-corrected chi connectivity index (χ1v) is 6.29. The zero-order valence-corrected chi connectivity index (χ0v) is 14.4. The number of aryl methyl sites for hydroxylation is 1. The quantitative estimate of drug-likeness (QED) is 0.650. The molecule has 0 N–H and O–H groups in total. The second-order valence-corrected chi connectivity index (χ2v) is 4.59. The van der Waals surface area contributed by atoms with Crippen molar-refractivity contribution in [2.45, 2.75) is 6.92 Å². The summed E-state index contributed by atoms with van der Waals surface area (Å²) in [6.45, 7) is 1.96. The normalized spacial score (nSPS) is 10.0. The molecule has 0 saturated heterocycles. The molecule has 0 spiro atoms. The van der Waals surface area contributed by atoms with Gasteiger partial charge in [0.05, 0.1) is 0 Å². The number of benzene rings is 2. The third-order valence-electron chi connectivity index (χ3n) is 3.03. The van der Waals surface area contributed by atoms with Gasteiger partial charge in [-0.2, -0.15) is 12.1 Å². The number of aromatic nitrogens is 2. The van der Waals surface area contributed by atoms with Crippen LogP contribution in [0.1, 0.15) is 5.56 Å². The Labute approximate surface area is 148 Å². The Kier molecular flexibility index (Phi) is 5.32. The van der Waals surface area contributed by atoms with Gasteiger partial charge in [-0.1, -0.05) is 29.8 Å². The molecule has 0 aliphatic carbocycles. The Balaban J connectivity index is 0.00000161. The maximum atomic E-state index is 12.8. The molecule has 0 aliphatic rings. The molecule has 2 aromatic carbocycles. The third kappa shape index (κ3) is 3.81. The summed E-state index contributed by atoms with van der Waals surface area (Å²) in [5.74, 6) is 0.353. The van der Waals surface area contributed by atoms with E-state index >= 15 is 0 Å². The average molecular weight is 352 g/mol. The maximum Gasteiger partial charge on any atom is 3.00 e. The van der Waals surface area contributed by atoms with Crippen molar-refractivity contribution in [1.82, 2.24) is 9.97 Å².